The predicted molar refractivity (Wildman–Crippen MR) is 119 cm³/mol. The number of rotatable bonds is 5. The topological polar surface area (TPSA) is 78.2 Å². The molecule has 2 heterocycles. The molecule has 6 heteroatoms. The molecule has 0 radical (unpaired) electrons. The quantitative estimate of drug-likeness (QED) is 0.530. The van der Waals surface area contributed by atoms with Crippen LogP contribution in [0.2, 0.25) is 0 Å². The molecule has 0 unspecified atom stereocenters. The number of nitrogens with one attached hydrogen (secondary N) is 1. The van der Waals surface area contributed by atoms with E-state index in [-0.39, 0.29) is 0 Å². The van der Waals surface area contributed by atoms with E-state index in [1.807, 2.05) is 24.3 Å². The van der Waals surface area contributed by atoms with Crippen molar-refractivity contribution < 1.29 is 4.79 Å². The summed E-state index contributed by atoms with van der Waals surface area (Å²) in [5, 5.41) is 7.79. The Morgan fingerprint density at radius 2 is 1.83 bits per heavy atom. The van der Waals surface area contributed by atoms with E-state index in [0.717, 1.165) is 48.7 Å². The summed E-state index contributed by atoms with van der Waals surface area (Å²) in [5.41, 5.74) is 13.5. The fraction of sp³-hybridized carbons (Fsp3) is 0.333. The number of primary amides is 1. The maximum Gasteiger partial charge on any atom is 0.319 e. The van der Waals surface area contributed by atoms with Crippen LogP contribution in [0.4, 0.5) is 10.5 Å². The molecule has 5 rings (SSSR count). The van der Waals surface area contributed by atoms with Crippen LogP contribution in [0.1, 0.15) is 30.4 Å². The van der Waals surface area contributed by atoms with E-state index >= 15 is 0 Å². The van der Waals surface area contributed by atoms with Crippen LogP contribution in [0.25, 0.3) is 22.5 Å². The van der Waals surface area contributed by atoms with Gasteiger partial charge in [-0.25, -0.2) is 4.79 Å². The number of H-pyrrole nitrogens is 1. The zero-order valence-corrected chi connectivity index (χ0v) is 17.1. The molecule has 6 nitrogen and oxygen atoms in total. The number of nitrogens with two attached hydrogens (primary N) is 1. The summed E-state index contributed by atoms with van der Waals surface area (Å²) < 4.78 is 0. The number of nitrogens with zero attached hydrogens (tertiary/aromatic N) is 3. The summed E-state index contributed by atoms with van der Waals surface area (Å²) in [6.07, 6.45) is 4.67. The van der Waals surface area contributed by atoms with E-state index in [9.17, 15) is 4.79 Å². The van der Waals surface area contributed by atoms with Crippen LogP contribution in [0.15, 0.2) is 48.5 Å². The van der Waals surface area contributed by atoms with Gasteiger partial charge in [-0.05, 0) is 43.6 Å². The molecule has 2 aromatic carbocycles. The minimum atomic E-state index is -0.407. The first kappa shape index (κ1) is 18.9. The van der Waals surface area contributed by atoms with E-state index in [0.29, 0.717) is 6.54 Å². The number of anilines is 1. The SMILES string of the molecule is NC(=O)N(CCN1CCCCC1)c1ccc(-c2n[nH]c3c2Cc2ccccc2-3)cc1. The summed E-state index contributed by atoms with van der Waals surface area (Å²) >= 11 is 0. The number of fused-ring (bicyclic) bond motifs is 3. The smallest absolute Gasteiger partial charge is 0.319 e. The fourth-order valence-electron chi connectivity index (χ4n) is 4.70. The standard InChI is InChI=1S/C24H27N5O/c25-24(30)29(15-14-28-12-4-1-5-13-28)19-10-8-17(9-11-19)22-21-16-18-6-2-3-7-20(18)23(21)27-26-22/h2-3,6-11H,1,4-5,12-16H2,(H2,25,30)(H,26,27). The van der Waals surface area contributed by atoms with Crippen LogP contribution >= 0.6 is 0 Å². The molecule has 30 heavy (non-hydrogen) atoms. The van der Waals surface area contributed by atoms with Crippen molar-refractivity contribution in [2.45, 2.75) is 25.7 Å². The van der Waals surface area contributed by atoms with E-state index in [2.05, 4.69) is 39.4 Å². The van der Waals surface area contributed by atoms with Crippen molar-refractivity contribution in [3.63, 3.8) is 0 Å². The zero-order valence-electron chi connectivity index (χ0n) is 17.1. The van der Waals surface area contributed by atoms with Crippen molar-refractivity contribution in [3.8, 4) is 22.5 Å². The average Bonchev–Trinajstić information content (AvgIpc) is 3.34. The van der Waals surface area contributed by atoms with Crippen molar-refractivity contribution >= 4 is 11.7 Å². The first-order valence-corrected chi connectivity index (χ1v) is 10.8. The van der Waals surface area contributed by atoms with Crippen LogP contribution in [-0.4, -0.2) is 47.3 Å². The van der Waals surface area contributed by atoms with Gasteiger partial charge >= 0.3 is 6.03 Å². The number of piperidine rings is 1. The van der Waals surface area contributed by atoms with Gasteiger partial charge in [0, 0.05) is 41.9 Å². The summed E-state index contributed by atoms with van der Waals surface area (Å²) in [4.78, 5) is 16.2. The lowest BCUT2D eigenvalue weighted by atomic mass is 10.0. The fourth-order valence-corrected chi connectivity index (χ4v) is 4.70. The highest BCUT2D eigenvalue weighted by Crippen LogP contribution is 2.40. The number of hydrogen-bond acceptors (Lipinski definition) is 3. The second kappa shape index (κ2) is 7.95. The van der Waals surface area contributed by atoms with Gasteiger partial charge in [-0.2, -0.15) is 5.10 Å². The molecule has 1 aromatic heterocycles. The van der Waals surface area contributed by atoms with Gasteiger partial charge in [-0.3, -0.25) is 10.00 Å². The molecule has 1 fully saturated rings. The molecule has 3 N–H and O–H groups in total. The number of hydrogen-bond donors (Lipinski definition) is 2. The zero-order chi connectivity index (χ0) is 20.5. The van der Waals surface area contributed by atoms with Crippen LogP contribution in [0, 0.1) is 0 Å². The Morgan fingerprint density at radius 3 is 2.60 bits per heavy atom. The van der Waals surface area contributed by atoms with Gasteiger partial charge in [-0.15, -0.1) is 0 Å². The summed E-state index contributed by atoms with van der Waals surface area (Å²) in [7, 11) is 0. The highest BCUT2D eigenvalue weighted by molar-refractivity contribution is 5.91. The Morgan fingerprint density at radius 1 is 1.07 bits per heavy atom. The Balaban J connectivity index is 1.34. The number of likely N-dealkylation sites (tertiary alicyclic amines) is 1. The highest BCUT2D eigenvalue weighted by Gasteiger charge is 2.25. The first-order valence-electron chi connectivity index (χ1n) is 10.8. The molecule has 1 saturated heterocycles. The summed E-state index contributed by atoms with van der Waals surface area (Å²) in [6.45, 7) is 3.69. The van der Waals surface area contributed by atoms with Gasteiger partial charge in [0.05, 0.1) is 11.4 Å². The molecule has 1 aliphatic heterocycles. The van der Waals surface area contributed by atoms with Crippen LogP contribution in [0.3, 0.4) is 0 Å². The third-order valence-corrected chi connectivity index (χ3v) is 6.33. The minimum Gasteiger partial charge on any atom is -0.351 e. The van der Waals surface area contributed by atoms with Crippen molar-refractivity contribution in [2.75, 3.05) is 31.1 Å². The molecule has 2 amide bonds. The molecule has 0 bridgehead atoms. The number of carbonyl (C=O) groups excluding carboxylic acids is 1. The van der Waals surface area contributed by atoms with Gasteiger partial charge in [-0.1, -0.05) is 42.8 Å². The average molecular weight is 402 g/mol. The number of carbonyl (C=O) groups is 1. The monoisotopic (exact) mass is 401 g/mol. The highest BCUT2D eigenvalue weighted by atomic mass is 16.2. The Hall–Kier alpha value is -3.12. The molecular formula is C24H27N5O. The van der Waals surface area contributed by atoms with Crippen LogP contribution in [0.5, 0.6) is 0 Å². The van der Waals surface area contributed by atoms with Crippen LogP contribution < -0.4 is 10.6 Å². The molecule has 0 atom stereocenters. The summed E-state index contributed by atoms with van der Waals surface area (Å²) in [5.74, 6) is 0. The molecule has 1 aliphatic carbocycles. The predicted octanol–water partition coefficient (Wildman–Crippen LogP) is 4.02. The minimum absolute atomic E-state index is 0.407. The number of benzene rings is 2. The largest absolute Gasteiger partial charge is 0.351 e. The first-order chi connectivity index (χ1) is 14.7. The molecule has 154 valence electrons. The van der Waals surface area contributed by atoms with Gasteiger partial charge in [0.15, 0.2) is 0 Å². The number of aromatic amines is 1. The van der Waals surface area contributed by atoms with Gasteiger partial charge in [0.1, 0.15) is 0 Å². The number of urea groups is 1. The lowest BCUT2D eigenvalue weighted by Crippen LogP contribution is -2.42. The third kappa shape index (κ3) is 3.48. The maximum absolute atomic E-state index is 12.1. The lowest BCUT2D eigenvalue weighted by Gasteiger charge is -2.29. The molecule has 0 spiro atoms. The normalized spacial score (nSPS) is 15.6. The van der Waals surface area contributed by atoms with Crippen molar-refractivity contribution in [1.29, 1.82) is 0 Å². The van der Waals surface area contributed by atoms with E-state index in [4.69, 9.17) is 5.73 Å². The number of amides is 2. The van der Waals surface area contributed by atoms with Gasteiger partial charge in [0.2, 0.25) is 0 Å². The van der Waals surface area contributed by atoms with Gasteiger partial charge < -0.3 is 10.6 Å². The van der Waals surface area contributed by atoms with Crippen molar-refractivity contribution in [3.05, 3.63) is 59.7 Å². The molecule has 0 saturated carbocycles. The van der Waals surface area contributed by atoms with Crippen molar-refractivity contribution in [1.82, 2.24) is 15.1 Å². The van der Waals surface area contributed by atoms with Crippen LogP contribution in [-0.2, 0) is 6.42 Å². The second-order valence-electron chi connectivity index (χ2n) is 8.20. The number of aromatic nitrogens is 2. The second-order valence-corrected chi connectivity index (χ2v) is 8.20. The van der Waals surface area contributed by atoms with E-state index in [1.165, 1.54) is 36.0 Å². The molecule has 3 aromatic rings. The molecular weight excluding hydrogens is 374 g/mol. The van der Waals surface area contributed by atoms with E-state index in [1.54, 1.807) is 4.90 Å². The Bertz CT molecular complexity index is 1050. The van der Waals surface area contributed by atoms with Gasteiger partial charge in [0.25, 0.3) is 0 Å². The third-order valence-electron chi connectivity index (χ3n) is 6.33. The Labute approximate surface area is 176 Å². The Kier molecular flexibility index (Phi) is 5.01. The maximum atomic E-state index is 12.1. The molecule has 2 aliphatic rings. The van der Waals surface area contributed by atoms with E-state index < -0.39 is 6.03 Å². The summed E-state index contributed by atoms with van der Waals surface area (Å²) in [6, 6.07) is 16.1. The lowest BCUT2D eigenvalue weighted by molar-refractivity contribution is 0.229. The van der Waals surface area contributed by atoms with Crippen molar-refractivity contribution in [2.24, 2.45) is 5.73 Å².